The Morgan fingerprint density at radius 3 is 2.40 bits per heavy atom. The fraction of sp³-hybridized carbons (Fsp3) is 1.00. The van der Waals surface area contributed by atoms with E-state index in [2.05, 4.69) is 10.6 Å². The van der Waals surface area contributed by atoms with Crippen LogP contribution < -0.4 is 10.6 Å². The first-order chi connectivity index (χ1) is 4.86. The van der Waals surface area contributed by atoms with Crippen LogP contribution in [-0.2, 0) is 0 Å². The van der Waals surface area contributed by atoms with E-state index >= 15 is 0 Å². The van der Waals surface area contributed by atoms with Crippen molar-refractivity contribution in [2.75, 3.05) is 19.6 Å². The molecule has 0 aromatic heterocycles. The molecular weight excluding hydrogens is 128 g/mol. The Kier molecular flexibility index (Phi) is 1.64. The van der Waals surface area contributed by atoms with E-state index in [9.17, 15) is 5.11 Å². The molecule has 3 nitrogen and oxygen atoms in total. The SMILES string of the molecule is OC1CNC(C2CNC2)C1. The molecule has 0 aromatic rings. The number of hydrogen-bond donors (Lipinski definition) is 3. The number of nitrogens with one attached hydrogen (secondary N) is 2. The molecule has 2 rings (SSSR count). The summed E-state index contributed by atoms with van der Waals surface area (Å²) >= 11 is 0. The van der Waals surface area contributed by atoms with Crippen LogP contribution in [0.3, 0.4) is 0 Å². The summed E-state index contributed by atoms with van der Waals surface area (Å²) in [6.45, 7) is 3.05. The van der Waals surface area contributed by atoms with Gasteiger partial charge in [-0.1, -0.05) is 0 Å². The predicted octanol–water partition coefficient (Wildman–Crippen LogP) is -1.07. The molecule has 2 aliphatic heterocycles. The van der Waals surface area contributed by atoms with Crippen molar-refractivity contribution in [2.45, 2.75) is 18.6 Å². The van der Waals surface area contributed by atoms with Crippen molar-refractivity contribution in [3.8, 4) is 0 Å². The molecule has 2 unspecified atom stereocenters. The lowest BCUT2D eigenvalue weighted by atomic mass is 9.93. The quantitative estimate of drug-likeness (QED) is 0.437. The minimum atomic E-state index is -0.0920. The molecule has 0 radical (unpaired) electrons. The zero-order valence-corrected chi connectivity index (χ0v) is 6.01. The molecule has 2 heterocycles. The van der Waals surface area contributed by atoms with Gasteiger partial charge in [0.05, 0.1) is 6.10 Å². The van der Waals surface area contributed by atoms with Crippen molar-refractivity contribution < 1.29 is 5.11 Å². The average molecular weight is 142 g/mol. The molecule has 2 atom stereocenters. The molecule has 58 valence electrons. The van der Waals surface area contributed by atoms with Gasteiger partial charge >= 0.3 is 0 Å². The third kappa shape index (κ3) is 1.05. The van der Waals surface area contributed by atoms with Gasteiger partial charge in [0.2, 0.25) is 0 Å². The molecule has 0 amide bonds. The summed E-state index contributed by atoms with van der Waals surface area (Å²) in [5.41, 5.74) is 0. The van der Waals surface area contributed by atoms with Crippen LogP contribution in [-0.4, -0.2) is 36.9 Å². The molecule has 0 saturated carbocycles. The standard InChI is InChI=1S/C7H14N2O/c10-6-1-7(9-4-6)5-2-8-3-5/h5-10H,1-4H2. The van der Waals surface area contributed by atoms with Crippen molar-refractivity contribution in [2.24, 2.45) is 5.92 Å². The van der Waals surface area contributed by atoms with E-state index in [1.807, 2.05) is 0 Å². The van der Waals surface area contributed by atoms with Crippen molar-refractivity contribution in [1.29, 1.82) is 0 Å². The highest BCUT2D eigenvalue weighted by Crippen LogP contribution is 2.18. The van der Waals surface area contributed by atoms with Gasteiger partial charge in [-0.25, -0.2) is 0 Å². The van der Waals surface area contributed by atoms with Gasteiger partial charge in [0.15, 0.2) is 0 Å². The topological polar surface area (TPSA) is 44.3 Å². The summed E-state index contributed by atoms with van der Waals surface area (Å²) in [7, 11) is 0. The van der Waals surface area contributed by atoms with Crippen LogP contribution >= 0.6 is 0 Å². The molecule has 0 spiro atoms. The van der Waals surface area contributed by atoms with Crippen molar-refractivity contribution in [1.82, 2.24) is 10.6 Å². The number of aliphatic hydroxyl groups excluding tert-OH is 1. The Morgan fingerprint density at radius 1 is 1.20 bits per heavy atom. The third-order valence-corrected chi connectivity index (χ3v) is 2.52. The molecule has 2 saturated heterocycles. The summed E-state index contributed by atoms with van der Waals surface area (Å²) < 4.78 is 0. The van der Waals surface area contributed by atoms with E-state index in [-0.39, 0.29) is 6.10 Å². The lowest BCUT2D eigenvalue weighted by Crippen LogP contribution is -2.51. The van der Waals surface area contributed by atoms with Crippen LogP contribution in [0.2, 0.25) is 0 Å². The largest absolute Gasteiger partial charge is 0.392 e. The van der Waals surface area contributed by atoms with Gasteiger partial charge in [-0.3, -0.25) is 0 Å². The van der Waals surface area contributed by atoms with Crippen molar-refractivity contribution >= 4 is 0 Å². The molecular formula is C7H14N2O. The molecule has 0 aromatic carbocycles. The number of rotatable bonds is 1. The molecule has 0 aliphatic carbocycles. The lowest BCUT2D eigenvalue weighted by Gasteiger charge is -2.32. The second kappa shape index (κ2) is 2.49. The Hall–Kier alpha value is -0.120. The molecule has 10 heavy (non-hydrogen) atoms. The Morgan fingerprint density at radius 2 is 2.00 bits per heavy atom. The number of hydrogen-bond acceptors (Lipinski definition) is 3. The van der Waals surface area contributed by atoms with Crippen molar-refractivity contribution in [3.05, 3.63) is 0 Å². The zero-order chi connectivity index (χ0) is 6.97. The van der Waals surface area contributed by atoms with Crippen LogP contribution in [0.4, 0.5) is 0 Å². The fourth-order valence-electron chi connectivity index (χ4n) is 1.70. The van der Waals surface area contributed by atoms with Crippen LogP contribution in [0.1, 0.15) is 6.42 Å². The van der Waals surface area contributed by atoms with E-state index in [4.69, 9.17) is 0 Å². The van der Waals surface area contributed by atoms with Gasteiger partial charge in [0, 0.05) is 25.7 Å². The van der Waals surface area contributed by atoms with Crippen LogP contribution in [0.15, 0.2) is 0 Å². The van der Waals surface area contributed by atoms with Gasteiger partial charge in [-0.15, -0.1) is 0 Å². The van der Waals surface area contributed by atoms with E-state index in [1.54, 1.807) is 0 Å². The van der Waals surface area contributed by atoms with E-state index in [1.165, 1.54) is 0 Å². The summed E-state index contributed by atoms with van der Waals surface area (Å²) in [4.78, 5) is 0. The van der Waals surface area contributed by atoms with Crippen LogP contribution in [0.25, 0.3) is 0 Å². The second-order valence-electron chi connectivity index (χ2n) is 3.32. The maximum Gasteiger partial charge on any atom is 0.0679 e. The van der Waals surface area contributed by atoms with Crippen molar-refractivity contribution in [3.63, 3.8) is 0 Å². The molecule has 3 N–H and O–H groups in total. The summed E-state index contributed by atoms with van der Waals surface area (Å²) in [6, 6.07) is 0.580. The fourth-order valence-corrected chi connectivity index (χ4v) is 1.70. The maximum atomic E-state index is 9.19. The van der Waals surface area contributed by atoms with Crippen LogP contribution in [0, 0.1) is 5.92 Å². The first-order valence-electron chi connectivity index (χ1n) is 3.98. The van der Waals surface area contributed by atoms with Gasteiger partial charge in [0.1, 0.15) is 0 Å². The highest BCUT2D eigenvalue weighted by molar-refractivity contribution is 4.92. The van der Waals surface area contributed by atoms with Gasteiger partial charge in [-0.05, 0) is 12.3 Å². The normalized spacial score (nSPS) is 41.7. The molecule has 0 bridgehead atoms. The molecule has 3 heteroatoms. The maximum absolute atomic E-state index is 9.19. The second-order valence-corrected chi connectivity index (χ2v) is 3.32. The molecule has 2 fully saturated rings. The number of β-amino-alcohol motifs (C(OH)–C–C–N with tert-alkyl or cyclic N) is 1. The zero-order valence-electron chi connectivity index (χ0n) is 6.01. The number of aliphatic hydroxyl groups is 1. The molecule has 2 aliphatic rings. The predicted molar refractivity (Wildman–Crippen MR) is 38.8 cm³/mol. The Bertz CT molecular complexity index is 125. The first kappa shape index (κ1) is 6.58. The average Bonchev–Trinajstić information content (AvgIpc) is 2.10. The van der Waals surface area contributed by atoms with E-state index < -0.39 is 0 Å². The van der Waals surface area contributed by atoms with Gasteiger partial charge in [-0.2, -0.15) is 0 Å². The van der Waals surface area contributed by atoms with E-state index in [0.29, 0.717) is 6.04 Å². The third-order valence-electron chi connectivity index (χ3n) is 2.52. The Balaban J connectivity index is 1.82. The minimum absolute atomic E-state index is 0.0920. The Labute approximate surface area is 60.8 Å². The smallest absolute Gasteiger partial charge is 0.0679 e. The summed E-state index contributed by atoms with van der Waals surface area (Å²) in [5.74, 6) is 0.775. The first-order valence-corrected chi connectivity index (χ1v) is 3.98. The minimum Gasteiger partial charge on any atom is -0.392 e. The highest BCUT2D eigenvalue weighted by atomic mass is 16.3. The monoisotopic (exact) mass is 142 g/mol. The van der Waals surface area contributed by atoms with Crippen LogP contribution in [0.5, 0.6) is 0 Å². The summed E-state index contributed by atoms with van der Waals surface area (Å²) in [5, 5.41) is 15.7. The highest BCUT2D eigenvalue weighted by Gasteiger charge is 2.32. The summed E-state index contributed by atoms with van der Waals surface area (Å²) in [6.07, 6.45) is 0.859. The van der Waals surface area contributed by atoms with E-state index in [0.717, 1.165) is 32.0 Å². The lowest BCUT2D eigenvalue weighted by molar-refractivity contribution is 0.183. The van der Waals surface area contributed by atoms with Gasteiger partial charge < -0.3 is 15.7 Å². The van der Waals surface area contributed by atoms with Gasteiger partial charge in [0.25, 0.3) is 0 Å².